The molecular weight excluding hydrogens is 302 g/mol. The first-order chi connectivity index (χ1) is 11.0. The van der Waals surface area contributed by atoms with E-state index in [1.54, 1.807) is 14.2 Å². The summed E-state index contributed by atoms with van der Waals surface area (Å²) < 4.78 is 10.6. The maximum Gasteiger partial charge on any atom is 0.414 e. The van der Waals surface area contributed by atoms with Crippen LogP contribution in [0.5, 0.6) is 11.5 Å². The highest BCUT2D eigenvalue weighted by molar-refractivity contribution is 6.27. The first kappa shape index (κ1) is 18.8. The number of nitrogens with one attached hydrogen (secondary N) is 1. The van der Waals surface area contributed by atoms with Crippen molar-refractivity contribution in [3.05, 3.63) is 23.8 Å². The van der Waals surface area contributed by atoms with Crippen molar-refractivity contribution in [2.24, 2.45) is 0 Å². The SMILES string of the molecule is COc1ccc(CNC2CCCC2)c(OC)c1.O=C(O)C(=O)O. The molecule has 1 aromatic carbocycles. The van der Waals surface area contributed by atoms with E-state index in [4.69, 9.17) is 29.3 Å². The van der Waals surface area contributed by atoms with Crippen molar-refractivity contribution in [2.75, 3.05) is 14.2 Å². The smallest absolute Gasteiger partial charge is 0.414 e. The molecule has 3 N–H and O–H groups in total. The highest BCUT2D eigenvalue weighted by atomic mass is 16.5. The molecule has 0 heterocycles. The van der Waals surface area contributed by atoms with Crippen molar-refractivity contribution in [2.45, 2.75) is 38.3 Å². The van der Waals surface area contributed by atoms with Gasteiger partial charge in [0.05, 0.1) is 14.2 Å². The average molecular weight is 325 g/mol. The lowest BCUT2D eigenvalue weighted by molar-refractivity contribution is -0.159. The summed E-state index contributed by atoms with van der Waals surface area (Å²) in [4.78, 5) is 18.2. The standard InChI is InChI=1S/C14H21NO2.C2H2O4/c1-16-13-8-7-11(14(9-13)17-2)10-15-12-5-3-4-6-12;3-1(4)2(5)6/h7-9,12,15H,3-6,10H2,1-2H3;(H,3,4)(H,5,6). The molecule has 0 aromatic heterocycles. The van der Waals surface area contributed by atoms with Gasteiger partial charge in [-0.15, -0.1) is 0 Å². The van der Waals surface area contributed by atoms with Crippen LogP contribution in [-0.4, -0.2) is 42.4 Å². The first-order valence-corrected chi connectivity index (χ1v) is 7.38. The number of benzene rings is 1. The first-order valence-electron chi connectivity index (χ1n) is 7.38. The number of carboxylic acids is 2. The molecule has 0 bridgehead atoms. The largest absolute Gasteiger partial charge is 0.497 e. The minimum atomic E-state index is -1.82. The van der Waals surface area contributed by atoms with E-state index in [0.717, 1.165) is 18.0 Å². The number of ether oxygens (including phenoxy) is 2. The van der Waals surface area contributed by atoms with Crippen molar-refractivity contribution < 1.29 is 29.3 Å². The lowest BCUT2D eigenvalue weighted by Crippen LogP contribution is -2.25. The molecule has 1 aliphatic carbocycles. The predicted molar refractivity (Wildman–Crippen MR) is 83.9 cm³/mol. The van der Waals surface area contributed by atoms with E-state index >= 15 is 0 Å². The zero-order valence-corrected chi connectivity index (χ0v) is 13.4. The zero-order chi connectivity index (χ0) is 17.2. The molecule has 1 aliphatic rings. The van der Waals surface area contributed by atoms with Crippen molar-refractivity contribution in [3.63, 3.8) is 0 Å². The van der Waals surface area contributed by atoms with Crippen LogP contribution < -0.4 is 14.8 Å². The Balaban J connectivity index is 0.000000379. The second kappa shape index (κ2) is 9.68. The van der Waals surface area contributed by atoms with E-state index < -0.39 is 11.9 Å². The highest BCUT2D eigenvalue weighted by Crippen LogP contribution is 2.25. The molecule has 0 atom stereocenters. The van der Waals surface area contributed by atoms with Crippen LogP contribution in [0.15, 0.2) is 18.2 Å². The van der Waals surface area contributed by atoms with E-state index in [2.05, 4.69) is 11.4 Å². The van der Waals surface area contributed by atoms with E-state index in [1.807, 2.05) is 12.1 Å². The Kier molecular flexibility index (Phi) is 7.90. The van der Waals surface area contributed by atoms with Gasteiger partial charge in [-0.05, 0) is 18.9 Å². The Hall–Kier alpha value is -2.28. The molecule has 23 heavy (non-hydrogen) atoms. The summed E-state index contributed by atoms with van der Waals surface area (Å²) in [7, 11) is 3.37. The molecular formula is C16H23NO6. The summed E-state index contributed by atoms with van der Waals surface area (Å²) in [6, 6.07) is 6.67. The van der Waals surface area contributed by atoms with Gasteiger partial charge in [0.1, 0.15) is 11.5 Å². The molecule has 128 valence electrons. The average Bonchev–Trinajstić information content (AvgIpc) is 3.06. The van der Waals surface area contributed by atoms with Crippen LogP contribution in [0.25, 0.3) is 0 Å². The quantitative estimate of drug-likeness (QED) is 0.710. The van der Waals surface area contributed by atoms with Gasteiger partial charge in [-0.25, -0.2) is 9.59 Å². The zero-order valence-electron chi connectivity index (χ0n) is 13.4. The molecule has 1 saturated carbocycles. The fourth-order valence-electron chi connectivity index (χ4n) is 2.38. The van der Waals surface area contributed by atoms with Crippen LogP contribution in [0.1, 0.15) is 31.2 Å². The van der Waals surface area contributed by atoms with Crippen molar-refractivity contribution in [3.8, 4) is 11.5 Å². The summed E-state index contributed by atoms with van der Waals surface area (Å²) in [6.45, 7) is 0.873. The number of carboxylic acid groups (broad SMARTS) is 2. The van der Waals surface area contributed by atoms with Gasteiger partial charge in [0.15, 0.2) is 0 Å². The van der Waals surface area contributed by atoms with Crippen LogP contribution in [0.4, 0.5) is 0 Å². The maximum absolute atomic E-state index is 9.10. The number of carbonyl (C=O) groups is 2. The number of methoxy groups -OCH3 is 2. The minimum Gasteiger partial charge on any atom is -0.497 e. The normalized spacial score (nSPS) is 13.8. The fraction of sp³-hybridized carbons (Fsp3) is 0.500. The van der Waals surface area contributed by atoms with Crippen molar-refractivity contribution in [1.29, 1.82) is 0 Å². The minimum absolute atomic E-state index is 0.682. The number of hydrogen-bond donors (Lipinski definition) is 3. The number of aliphatic carboxylic acids is 2. The monoisotopic (exact) mass is 325 g/mol. The van der Waals surface area contributed by atoms with Crippen LogP contribution in [0.3, 0.4) is 0 Å². The molecule has 0 spiro atoms. The Morgan fingerprint density at radius 1 is 1.13 bits per heavy atom. The molecule has 0 unspecified atom stereocenters. The third-order valence-electron chi connectivity index (χ3n) is 3.61. The molecule has 0 radical (unpaired) electrons. The number of rotatable bonds is 5. The van der Waals surface area contributed by atoms with Crippen molar-refractivity contribution in [1.82, 2.24) is 5.32 Å². The Bertz CT molecular complexity index is 513. The van der Waals surface area contributed by atoms with E-state index in [1.165, 1.54) is 31.2 Å². The van der Waals surface area contributed by atoms with Gasteiger partial charge < -0.3 is 25.0 Å². The molecule has 0 amide bonds. The summed E-state index contributed by atoms with van der Waals surface area (Å²) in [5.41, 5.74) is 1.19. The van der Waals surface area contributed by atoms with Gasteiger partial charge in [-0.1, -0.05) is 18.9 Å². The second-order valence-corrected chi connectivity index (χ2v) is 5.15. The third-order valence-corrected chi connectivity index (χ3v) is 3.61. The van der Waals surface area contributed by atoms with Gasteiger partial charge in [-0.3, -0.25) is 0 Å². The third kappa shape index (κ3) is 6.56. The molecule has 7 heteroatoms. The Labute approximate surface area is 135 Å². The second-order valence-electron chi connectivity index (χ2n) is 5.15. The highest BCUT2D eigenvalue weighted by Gasteiger charge is 2.14. The van der Waals surface area contributed by atoms with Crippen LogP contribution in [0, 0.1) is 0 Å². The summed E-state index contributed by atoms with van der Waals surface area (Å²) >= 11 is 0. The molecule has 0 aliphatic heterocycles. The predicted octanol–water partition coefficient (Wildman–Crippen LogP) is 1.89. The van der Waals surface area contributed by atoms with Gasteiger partial charge in [0.2, 0.25) is 0 Å². The van der Waals surface area contributed by atoms with E-state index in [0.29, 0.717) is 6.04 Å². The topological polar surface area (TPSA) is 105 Å². The van der Waals surface area contributed by atoms with E-state index in [9.17, 15) is 0 Å². The number of hydrogen-bond acceptors (Lipinski definition) is 5. The van der Waals surface area contributed by atoms with Crippen LogP contribution >= 0.6 is 0 Å². The van der Waals surface area contributed by atoms with Crippen LogP contribution in [-0.2, 0) is 16.1 Å². The van der Waals surface area contributed by atoms with Gasteiger partial charge in [0, 0.05) is 24.2 Å². The van der Waals surface area contributed by atoms with Crippen LogP contribution in [0.2, 0.25) is 0 Å². The Morgan fingerprint density at radius 3 is 2.22 bits per heavy atom. The van der Waals surface area contributed by atoms with Crippen molar-refractivity contribution >= 4 is 11.9 Å². The van der Waals surface area contributed by atoms with E-state index in [-0.39, 0.29) is 0 Å². The maximum atomic E-state index is 9.10. The summed E-state index contributed by atoms with van der Waals surface area (Å²) in [5.74, 6) is -1.91. The molecule has 0 saturated heterocycles. The lowest BCUT2D eigenvalue weighted by atomic mass is 10.1. The van der Waals surface area contributed by atoms with Gasteiger partial charge in [0.25, 0.3) is 0 Å². The molecule has 7 nitrogen and oxygen atoms in total. The summed E-state index contributed by atoms with van der Waals surface area (Å²) in [5, 5.41) is 18.4. The van der Waals surface area contributed by atoms with Gasteiger partial charge >= 0.3 is 11.9 Å². The summed E-state index contributed by atoms with van der Waals surface area (Å²) in [6.07, 6.45) is 5.33. The molecule has 1 aromatic rings. The Morgan fingerprint density at radius 2 is 1.74 bits per heavy atom. The molecule has 1 fully saturated rings. The van der Waals surface area contributed by atoms with Gasteiger partial charge in [-0.2, -0.15) is 0 Å². The fourth-order valence-corrected chi connectivity index (χ4v) is 2.38. The molecule has 2 rings (SSSR count). The lowest BCUT2D eigenvalue weighted by Gasteiger charge is -2.14.